The Morgan fingerprint density at radius 1 is 1.60 bits per heavy atom. The standard InChI is InChI=1S/C10H11BrN2O2/c1-10(14,7-3-4-15-6-7)9-8(11)5-12-13(9)2/h3-6,14H,1-2H3. The zero-order chi connectivity index (χ0) is 11.1. The number of aliphatic hydroxyl groups is 1. The molecule has 0 aliphatic carbocycles. The average Bonchev–Trinajstić information content (AvgIpc) is 2.75. The van der Waals surface area contributed by atoms with Gasteiger partial charge in [0.05, 0.1) is 28.9 Å². The molecule has 1 atom stereocenters. The molecule has 80 valence electrons. The Morgan fingerprint density at radius 2 is 2.33 bits per heavy atom. The van der Waals surface area contributed by atoms with E-state index in [4.69, 9.17) is 4.42 Å². The van der Waals surface area contributed by atoms with E-state index >= 15 is 0 Å². The Hall–Kier alpha value is -1.07. The second-order valence-corrected chi connectivity index (χ2v) is 4.40. The van der Waals surface area contributed by atoms with Gasteiger partial charge in [0.1, 0.15) is 5.60 Å². The van der Waals surface area contributed by atoms with Crippen molar-refractivity contribution in [1.82, 2.24) is 9.78 Å². The molecule has 0 fully saturated rings. The van der Waals surface area contributed by atoms with Crippen molar-refractivity contribution in [2.24, 2.45) is 7.05 Å². The molecule has 0 aromatic carbocycles. The van der Waals surface area contributed by atoms with Gasteiger partial charge in [0, 0.05) is 12.6 Å². The van der Waals surface area contributed by atoms with Crippen LogP contribution in [0.1, 0.15) is 18.2 Å². The summed E-state index contributed by atoms with van der Waals surface area (Å²) in [5.74, 6) is 0. The Kier molecular flexibility index (Phi) is 2.44. The molecule has 0 spiro atoms. The molecule has 1 unspecified atom stereocenters. The maximum Gasteiger partial charge on any atom is 0.133 e. The minimum Gasteiger partial charge on any atom is -0.472 e. The summed E-state index contributed by atoms with van der Waals surface area (Å²) in [4.78, 5) is 0. The number of halogens is 1. The summed E-state index contributed by atoms with van der Waals surface area (Å²) in [6, 6.07) is 1.74. The third-order valence-corrected chi connectivity index (χ3v) is 3.02. The van der Waals surface area contributed by atoms with E-state index in [1.807, 2.05) is 0 Å². The second kappa shape index (κ2) is 3.50. The normalized spacial score (nSPS) is 15.2. The van der Waals surface area contributed by atoms with Crippen molar-refractivity contribution < 1.29 is 9.52 Å². The van der Waals surface area contributed by atoms with Crippen LogP contribution in [-0.2, 0) is 12.6 Å². The quantitative estimate of drug-likeness (QED) is 0.909. The van der Waals surface area contributed by atoms with Crippen LogP contribution in [0.25, 0.3) is 0 Å². The SMILES string of the molecule is Cn1ncc(Br)c1C(C)(O)c1ccoc1. The lowest BCUT2D eigenvalue weighted by Crippen LogP contribution is -2.26. The number of hydrogen-bond acceptors (Lipinski definition) is 3. The number of nitrogens with zero attached hydrogens (tertiary/aromatic N) is 2. The number of hydrogen-bond donors (Lipinski definition) is 1. The van der Waals surface area contributed by atoms with E-state index in [2.05, 4.69) is 21.0 Å². The number of furan rings is 1. The molecule has 2 rings (SSSR count). The fraction of sp³-hybridized carbons (Fsp3) is 0.300. The highest BCUT2D eigenvalue weighted by molar-refractivity contribution is 9.10. The van der Waals surface area contributed by atoms with E-state index in [9.17, 15) is 5.11 Å². The minimum atomic E-state index is -1.11. The van der Waals surface area contributed by atoms with E-state index in [1.165, 1.54) is 12.5 Å². The zero-order valence-corrected chi connectivity index (χ0v) is 10.0. The van der Waals surface area contributed by atoms with Gasteiger partial charge in [0.15, 0.2) is 0 Å². The Bertz CT molecular complexity index is 440. The van der Waals surface area contributed by atoms with Crippen LogP contribution in [0.4, 0.5) is 0 Å². The van der Waals surface area contributed by atoms with Crippen LogP contribution >= 0.6 is 15.9 Å². The van der Waals surface area contributed by atoms with Gasteiger partial charge in [-0.3, -0.25) is 4.68 Å². The third kappa shape index (κ3) is 1.61. The summed E-state index contributed by atoms with van der Waals surface area (Å²) in [6.07, 6.45) is 4.72. The molecule has 4 nitrogen and oxygen atoms in total. The van der Waals surface area contributed by atoms with Gasteiger partial charge in [-0.15, -0.1) is 0 Å². The first-order chi connectivity index (χ1) is 7.03. The largest absolute Gasteiger partial charge is 0.472 e. The highest BCUT2D eigenvalue weighted by atomic mass is 79.9. The molecular formula is C10H11BrN2O2. The first-order valence-electron chi connectivity index (χ1n) is 4.46. The Labute approximate surface area is 95.6 Å². The monoisotopic (exact) mass is 270 g/mol. The van der Waals surface area contributed by atoms with E-state index in [-0.39, 0.29) is 0 Å². The maximum atomic E-state index is 10.4. The number of rotatable bonds is 2. The third-order valence-electron chi connectivity index (χ3n) is 2.44. The smallest absolute Gasteiger partial charge is 0.133 e. The Morgan fingerprint density at radius 3 is 2.80 bits per heavy atom. The van der Waals surface area contributed by atoms with Crippen LogP contribution in [0, 0.1) is 0 Å². The molecule has 1 N–H and O–H groups in total. The molecule has 0 bridgehead atoms. The maximum absolute atomic E-state index is 10.4. The number of aromatic nitrogens is 2. The van der Waals surface area contributed by atoms with Crippen molar-refractivity contribution in [2.45, 2.75) is 12.5 Å². The van der Waals surface area contributed by atoms with Crippen molar-refractivity contribution in [3.05, 3.63) is 40.5 Å². The molecule has 2 aromatic rings. The summed E-state index contributed by atoms with van der Waals surface area (Å²) >= 11 is 3.36. The van der Waals surface area contributed by atoms with Crippen molar-refractivity contribution in [2.75, 3.05) is 0 Å². The van der Waals surface area contributed by atoms with E-state index in [1.54, 1.807) is 30.9 Å². The summed E-state index contributed by atoms with van der Waals surface area (Å²) in [5, 5.41) is 14.5. The van der Waals surface area contributed by atoms with Crippen LogP contribution in [0.5, 0.6) is 0 Å². The van der Waals surface area contributed by atoms with Gasteiger partial charge in [0.2, 0.25) is 0 Å². The lowest BCUT2D eigenvalue weighted by Gasteiger charge is -2.22. The van der Waals surface area contributed by atoms with Gasteiger partial charge >= 0.3 is 0 Å². The molecule has 0 saturated heterocycles. The van der Waals surface area contributed by atoms with Gasteiger partial charge < -0.3 is 9.52 Å². The first kappa shape index (κ1) is 10.4. The number of aryl methyl sites for hydroxylation is 1. The fourth-order valence-corrected chi connectivity index (χ4v) is 2.37. The molecule has 0 saturated carbocycles. The van der Waals surface area contributed by atoms with Crippen LogP contribution in [0.2, 0.25) is 0 Å². The Balaban J connectivity index is 2.55. The molecule has 0 radical (unpaired) electrons. The molecule has 2 aromatic heterocycles. The summed E-state index contributed by atoms with van der Waals surface area (Å²) in [7, 11) is 1.79. The second-order valence-electron chi connectivity index (χ2n) is 3.55. The van der Waals surface area contributed by atoms with Crippen LogP contribution in [-0.4, -0.2) is 14.9 Å². The topological polar surface area (TPSA) is 51.2 Å². The molecule has 0 aliphatic heterocycles. The van der Waals surface area contributed by atoms with Crippen LogP contribution < -0.4 is 0 Å². The predicted octanol–water partition coefficient (Wildman–Crippen LogP) is 2.03. The molecule has 2 heterocycles. The highest BCUT2D eigenvalue weighted by Gasteiger charge is 2.32. The van der Waals surface area contributed by atoms with Crippen LogP contribution in [0.3, 0.4) is 0 Å². The lowest BCUT2D eigenvalue weighted by molar-refractivity contribution is 0.0914. The summed E-state index contributed by atoms with van der Waals surface area (Å²) in [6.45, 7) is 1.71. The highest BCUT2D eigenvalue weighted by Crippen LogP contribution is 2.33. The first-order valence-corrected chi connectivity index (χ1v) is 5.26. The predicted molar refractivity (Wildman–Crippen MR) is 58.3 cm³/mol. The van der Waals surface area contributed by atoms with E-state index < -0.39 is 5.60 Å². The van der Waals surface area contributed by atoms with Crippen molar-refractivity contribution >= 4 is 15.9 Å². The van der Waals surface area contributed by atoms with E-state index in [0.29, 0.717) is 11.3 Å². The van der Waals surface area contributed by atoms with Gasteiger partial charge in [0.25, 0.3) is 0 Å². The average molecular weight is 271 g/mol. The van der Waals surface area contributed by atoms with Crippen molar-refractivity contribution in [3.8, 4) is 0 Å². The van der Waals surface area contributed by atoms with Crippen molar-refractivity contribution in [3.63, 3.8) is 0 Å². The lowest BCUT2D eigenvalue weighted by atomic mass is 9.95. The zero-order valence-electron chi connectivity index (χ0n) is 8.44. The van der Waals surface area contributed by atoms with Gasteiger partial charge in [-0.1, -0.05) is 0 Å². The van der Waals surface area contributed by atoms with Crippen molar-refractivity contribution in [1.29, 1.82) is 0 Å². The van der Waals surface area contributed by atoms with Gasteiger partial charge in [-0.05, 0) is 28.9 Å². The van der Waals surface area contributed by atoms with Gasteiger partial charge in [-0.2, -0.15) is 5.10 Å². The molecule has 0 aliphatic rings. The molecule has 5 heteroatoms. The summed E-state index contributed by atoms with van der Waals surface area (Å²) in [5.41, 5.74) is 0.285. The fourth-order valence-electron chi connectivity index (χ4n) is 1.64. The molecule has 0 amide bonds. The van der Waals surface area contributed by atoms with E-state index in [0.717, 1.165) is 4.47 Å². The minimum absolute atomic E-state index is 0.698. The molecule has 15 heavy (non-hydrogen) atoms. The van der Waals surface area contributed by atoms with Gasteiger partial charge in [-0.25, -0.2) is 0 Å². The summed E-state index contributed by atoms with van der Waals surface area (Å²) < 4.78 is 7.38. The van der Waals surface area contributed by atoms with Crippen LogP contribution in [0.15, 0.2) is 33.7 Å². The molecular weight excluding hydrogens is 260 g/mol.